The van der Waals surface area contributed by atoms with Crippen molar-refractivity contribution >= 4 is 0 Å². The maximum absolute atomic E-state index is 5.17. The zero-order valence-electron chi connectivity index (χ0n) is 13.6. The molecule has 0 aromatic heterocycles. The molecule has 1 N–H and O–H groups in total. The number of nitrogens with zero attached hydrogens (tertiary/aromatic N) is 1. The Balaban J connectivity index is 2.35. The van der Waals surface area contributed by atoms with Crippen molar-refractivity contribution in [1.82, 2.24) is 10.2 Å². The molecule has 0 spiro atoms. The van der Waals surface area contributed by atoms with Gasteiger partial charge in [-0.2, -0.15) is 0 Å². The zero-order valence-corrected chi connectivity index (χ0v) is 13.6. The second-order valence-corrected chi connectivity index (χ2v) is 5.86. The number of rotatable bonds is 9. The minimum absolute atomic E-state index is 0.599. The molecule has 0 aliphatic heterocycles. The van der Waals surface area contributed by atoms with Crippen molar-refractivity contribution in [1.29, 1.82) is 0 Å². The molecule has 0 bridgehead atoms. The molecular formula is C17H30N2O. The Bertz CT molecular complexity index is 369. The third kappa shape index (κ3) is 6.04. The molecule has 0 heterocycles. The van der Waals surface area contributed by atoms with Gasteiger partial charge in [0.05, 0.1) is 6.61 Å². The van der Waals surface area contributed by atoms with Crippen molar-refractivity contribution in [2.75, 3.05) is 20.2 Å². The topological polar surface area (TPSA) is 24.5 Å². The van der Waals surface area contributed by atoms with Crippen LogP contribution in [0, 0.1) is 0 Å². The van der Waals surface area contributed by atoms with E-state index in [1.165, 1.54) is 11.1 Å². The number of hydrogen-bond acceptors (Lipinski definition) is 3. The first-order valence-corrected chi connectivity index (χ1v) is 7.57. The van der Waals surface area contributed by atoms with Gasteiger partial charge in [-0.25, -0.2) is 0 Å². The molecule has 0 saturated heterocycles. The fourth-order valence-electron chi connectivity index (χ4n) is 2.55. The molecule has 1 aromatic rings. The Morgan fingerprint density at radius 3 is 2.35 bits per heavy atom. The maximum atomic E-state index is 5.17. The lowest BCUT2D eigenvalue weighted by Gasteiger charge is -2.30. The fourth-order valence-corrected chi connectivity index (χ4v) is 2.55. The van der Waals surface area contributed by atoms with Crippen LogP contribution in [0.5, 0.6) is 0 Å². The van der Waals surface area contributed by atoms with E-state index in [0.717, 1.165) is 19.6 Å². The summed E-state index contributed by atoms with van der Waals surface area (Å²) in [7, 11) is 1.73. The van der Waals surface area contributed by atoms with Gasteiger partial charge in [-0.05, 0) is 38.8 Å². The highest BCUT2D eigenvalue weighted by Gasteiger charge is 2.11. The average Bonchev–Trinajstić information content (AvgIpc) is 2.38. The zero-order chi connectivity index (χ0) is 15.0. The van der Waals surface area contributed by atoms with E-state index in [9.17, 15) is 0 Å². The highest BCUT2D eigenvalue weighted by atomic mass is 16.5. The SMILES string of the molecule is COCc1cccc(CNCCN(C(C)C)C(C)C)c1. The van der Waals surface area contributed by atoms with Gasteiger partial charge in [0.25, 0.3) is 0 Å². The lowest BCUT2D eigenvalue weighted by molar-refractivity contribution is 0.175. The molecule has 0 atom stereocenters. The number of benzene rings is 1. The van der Waals surface area contributed by atoms with Crippen LogP contribution in [0.25, 0.3) is 0 Å². The summed E-state index contributed by atoms with van der Waals surface area (Å²) in [5.74, 6) is 0. The summed E-state index contributed by atoms with van der Waals surface area (Å²) in [5.41, 5.74) is 2.55. The lowest BCUT2D eigenvalue weighted by atomic mass is 10.1. The first kappa shape index (κ1) is 17.2. The van der Waals surface area contributed by atoms with Crippen molar-refractivity contribution in [3.05, 3.63) is 35.4 Å². The smallest absolute Gasteiger partial charge is 0.0713 e. The Labute approximate surface area is 124 Å². The van der Waals surface area contributed by atoms with Gasteiger partial charge in [0.15, 0.2) is 0 Å². The van der Waals surface area contributed by atoms with Crippen LogP contribution in [0.2, 0.25) is 0 Å². The Hall–Kier alpha value is -0.900. The van der Waals surface area contributed by atoms with E-state index >= 15 is 0 Å². The minimum Gasteiger partial charge on any atom is -0.380 e. The minimum atomic E-state index is 0.599. The molecule has 0 radical (unpaired) electrons. The van der Waals surface area contributed by atoms with Gasteiger partial charge in [0.2, 0.25) is 0 Å². The predicted molar refractivity (Wildman–Crippen MR) is 85.8 cm³/mol. The van der Waals surface area contributed by atoms with E-state index in [2.05, 4.69) is 62.2 Å². The number of methoxy groups -OCH3 is 1. The molecule has 3 heteroatoms. The summed E-state index contributed by atoms with van der Waals surface area (Å²) in [6, 6.07) is 9.77. The third-order valence-electron chi connectivity index (χ3n) is 3.50. The first-order valence-electron chi connectivity index (χ1n) is 7.57. The van der Waals surface area contributed by atoms with Crippen LogP contribution in [0.1, 0.15) is 38.8 Å². The van der Waals surface area contributed by atoms with Gasteiger partial charge in [-0.3, -0.25) is 4.90 Å². The Kier molecular flexibility index (Phi) is 7.82. The van der Waals surface area contributed by atoms with Crippen LogP contribution in [0.3, 0.4) is 0 Å². The number of nitrogens with one attached hydrogen (secondary N) is 1. The van der Waals surface area contributed by atoms with E-state index in [-0.39, 0.29) is 0 Å². The number of ether oxygens (including phenoxy) is 1. The molecule has 3 nitrogen and oxygen atoms in total. The molecule has 0 aliphatic carbocycles. The van der Waals surface area contributed by atoms with Crippen LogP contribution in [0.4, 0.5) is 0 Å². The summed E-state index contributed by atoms with van der Waals surface area (Å²) in [6.07, 6.45) is 0. The quantitative estimate of drug-likeness (QED) is 0.703. The van der Waals surface area contributed by atoms with Crippen molar-refractivity contribution in [2.24, 2.45) is 0 Å². The van der Waals surface area contributed by atoms with Crippen LogP contribution in [-0.4, -0.2) is 37.2 Å². The molecule has 0 saturated carbocycles. The molecule has 20 heavy (non-hydrogen) atoms. The molecule has 0 aliphatic rings. The van der Waals surface area contributed by atoms with E-state index in [1.54, 1.807) is 7.11 Å². The third-order valence-corrected chi connectivity index (χ3v) is 3.50. The van der Waals surface area contributed by atoms with Gasteiger partial charge < -0.3 is 10.1 Å². The van der Waals surface area contributed by atoms with Crippen LogP contribution >= 0.6 is 0 Å². The van der Waals surface area contributed by atoms with Crippen LogP contribution in [0.15, 0.2) is 24.3 Å². The van der Waals surface area contributed by atoms with E-state index < -0.39 is 0 Å². The largest absolute Gasteiger partial charge is 0.380 e. The summed E-state index contributed by atoms with van der Waals surface area (Å²) in [5, 5.41) is 3.53. The normalized spacial score (nSPS) is 11.8. The number of hydrogen-bond donors (Lipinski definition) is 1. The molecule has 0 fully saturated rings. The Morgan fingerprint density at radius 1 is 1.10 bits per heavy atom. The summed E-state index contributed by atoms with van der Waals surface area (Å²) < 4.78 is 5.17. The van der Waals surface area contributed by atoms with Crippen LogP contribution < -0.4 is 5.32 Å². The second-order valence-electron chi connectivity index (χ2n) is 5.86. The molecule has 0 amide bonds. The second kappa shape index (κ2) is 9.11. The first-order chi connectivity index (χ1) is 9.54. The van der Waals surface area contributed by atoms with E-state index in [0.29, 0.717) is 18.7 Å². The summed E-state index contributed by atoms with van der Waals surface area (Å²) >= 11 is 0. The predicted octanol–water partition coefficient (Wildman–Crippen LogP) is 3.04. The average molecular weight is 278 g/mol. The Morgan fingerprint density at radius 2 is 1.75 bits per heavy atom. The lowest BCUT2D eigenvalue weighted by Crippen LogP contribution is -2.41. The maximum Gasteiger partial charge on any atom is 0.0713 e. The summed E-state index contributed by atoms with van der Waals surface area (Å²) in [6.45, 7) is 12.7. The van der Waals surface area contributed by atoms with E-state index in [4.69, 9.17) is 4.74 Å². The highest BCUT2D eigenvalue weighted by molar-refractivity contribution is 5.22. The van der Waals surface area contributed by atoms with Gasteiger partial charge >= 0.3 is 0 Å². The molecule has 1 aromatic carbocycles. The summed E-state index contributed by atoms with van der Waals surface area (Å²) in [4.78, 5) is 2.51. The fraction of sp³-hybridized carbons (Fsp3) is 0.647. The van der Waals surface area contributed by atoms with E-state index in [1.807, 2.05) is 0 Å². The van der Waals surface area contributed by atoms with Crippen LogP contribution in [-0.2, 0) is 17.9 Å². The molecule has 0 unspecified atom stereocenters. The van der Waals surface area contributed by atoms with Gasteiger partial charge in [0, 0.05) is 38.8 Å². The van der Waals surface area contributed by atoms with Crippen molar-refractivity contribution in [3.63, 3.8) is 0 Å². The standard InChI is InChI=1S/C17H30N2O/c1-14(2)19(15(3)4)10-9-18-12-16-7-6-8-17(11-16)13-20-5/h6-8,11,14-15,18H,9-10,12-13H2,1-5H3. The monoisotopic (exact) mass is 278 g/mol. The van der Waals surface area contributed by atoms with Crippen molar-refractivity contribution in [2.45, 2.75) is 52.9 Å². The highest BCUT2D eigenvalue weighted by Crippen LogP contribution is 2.07. The van der Waals surface area contributed by atoms with Crippen molar-refractivity contribution < 1.29 is 4.74 Å². The van der Waals surface area contributed by atoms with Gasteiger partial charge in [0.1, 0.15) is 0 Å². The van der Waals surface area contributed by atoms with Gasteiger partial charge in [-0.15, -0.1) is 0 Å². The molecular weight excluding hydrogens is 248 g/mol. The molecule has 1 rings (SSSR count). The van der Waals surface area contributed by atoms with Gasteiger partial charge in [-0.1, -0.05) is 24.3 Å². The molecule has 114 valence electrons. The van der Waals surface area contributed by atoms with Crippen molar-refractivity contribution in [3.8, 4) is 0 Å².